The zero-order valence-electron chi connectivity index (χ0n) is 10.9. The van der Waals surface area contributed by atoms with Gasteiger partial charge in [0.05, 0.1) is 5.56 Å². The molecule has 110 valence electrons. The highest BCUT2D eigenvalue weighted by Gasteiger charge is 2.35. The zero-order valence-corrected chi connectivity index (χ0v) is 12.5. The number of thioether (sulfide) groups is 1. The zero-order chi connectivity index (χ0) is 14.9. The van der Waals surface area contributed by atoms with Crippen molar-refractivity contribution in [3.63, 3.8) is 0 Å². The Bertz CT molecular complexity index is 634. The Hall–Kier alpha value is -1.28. The van der Waals surface area contributed by atoms with Crippen molar-refractivity contribution in [1.82, 2.24) is 4.90 Å². The van der Waals surface area contributed by atoms with E-state index in [9.17, 15) is 17.6 Å². The molecule has 1 aliphatic rings. The normalized spacial score (nSPS) is 19.9. The number of carbonyl (C=O) groups is 1. The van der Waals surface area contributed by atoms with Crippen LogP contribution in [0.1, 0.15) is 10.4 Å². The highest BCUT2D eigenvalue weighted by Crippen LogP contribution is 2.24. The average Bonchev–Trinajstić information content (AvgIpc) is 2.40. The Balaban J connectivity index is 2.37. The number of sulfone groups is 1. The van der Waals surface area contributed by atoms with E-state index in [0.717, 1.165) is 12.3 Å². The lowest BCUT2D eigenvalue weighted by atomic mass is 10.1. The summed E-state index contributed by atoms with van der Waals surface area (Å²) in [5, 5.41) is -0.922. The van der Waals surface area contributed by atoms with Crippen molar-refractivity contribution in [3.8, 4) is 0 Å². The van der Waals surface area contributed by atoms with Gasteiger partial charge >= 0.3 is 0 Å². The van der Waals surface area contributed by atoms with Crippen LogP contribution < -0.4 is 5.73 Å². The van der Waals surface area contributed by atoms with E-state index in [-0.39, 0.29) is 17.8 Å². The third-order valence-electron chi connectivity index (χ3n) is 3.06. The maximum Gasteiger partial charge on any atom is 0.258 e. The van der Waals surface area contributed by atoms with E-state index in [2.05, 4.69) is 0 Å². The number of nitrogens with two attached hydrogens (primary N) is 1. The van der Waals surface area contributed by atoms with Crippen molar-refractivity contribution in [3.05, 3.63) is 29.6 Å². The van der Waals surface area contributed by atoms with E-state index in [1.807, 2.05) is 0 Å². The molecule has 1 aromatic rings. The molecule has 2 N–H and O–H groups in total. The molecule has 1 aromatic carbocycles. The van der Waals surface area contributed by atoms with Gasteiger partial charge in [-0.25, -0.2) is 12.8 Å². The molecule has 0 spiro atoms. The Morgan fingerprint density at radius 3 is 2.85 bits per heavy atom. The van der Waals surface area contributed by atoms with E-state index in [0.29, 0.717) is 11.5 Å². The predicted octanol–water partition coefficient (Wildman–Crippen LogP) is 0.968. The van der Waals surface area contributed by atoms with Crippen molar-refractivity contribution in [2.45, 2.75) is 5.37 Å². The van der Waals surface area contributed by atoms with Crippen LogP contribution in [0.15, 0.2) is 18.2 Å². The predicted molar refractivity (Wildman–Crippen MR) is 77.8 cm³/mol. The van der Waals surface area contributed by atoms with Crippen molar-refractivity contribution < 1.29 is 17.6 Å². The summed E-state index contributed by atoms with van der Waals surface area (Å²) < 4.78 is 37.3. The van der Waals surface area contributed by atoms with Crippen molar-refractivity contribution >= 4 is 33.2 Å². The van der Waals surface area contributed by atoms with Crippen LogP contribution in [-0.4, -0.2) is 48.9 Å². The van der Waals surface area contributed by atoms with Crippen LogP contribution in [-0.2, 0) is 9.84 Å². The van der Waals surface area contributed by atoms with Crippen molar-refractivity contribution in [2.75, 3.05) is 30.0 Å². The first-order valence-electron chi connectivity index (χ1n) is 5.93. The van der Waals surface area contributed by atoms with Gasteiger partial charge in [-0.1, -0.05) is 0 Å². The number of amides is 1. The van der Waals surface area contributed by atoms with Crippen LogP contribution in [0.3, 0.4) is 0 Å². The topological polar surface area (TPSA) is 80.5 Å². The Labute approximate surface area is 121 Å². The lowest BCUT2D eigenvalue weighted by Gasteiger charge is -2.34. The fourth-order valence-corrected chi connectivity index (χ4v) is 4.84. The minimum absolute atomic E-state index is 0.189. The quantitative estimate of drug-likeness (QED) is 0.822. The molecule has 1 saturated heterocycles. The fourth-order valence-electron chi connectivity index (χ4n) is 2.03. The summed E-state index contributed by atoms with van der Waals surface area (Å²) in [5.74, 6) is -0.406. The second-order valence-electron chi connectivity index (χ2n) is 4.60. The first-order chi connectivity index (χ1) is 9.30. The summed E-state index contributed by atoms with van der Waals surface area (Å²) in [7, 11) is -3.42. The van der Waals surface area contributed by atoms with Crippen LogP contribution in [0.5, 0.6) is 0 Å². The highest BCUT2D eigenvalue weighted by atomic mass is 32.2. The van der Waals surface area contributed by atoms with E-state index >= 15 is 0 Å². The number of halogens is 1. The summed E-state index contributed by atoms with van der Waals surface area (Å²) in [6.07, 6.45) is 1.08. The van der Waals surface area contributed by atoms with Gasteiger partial charge in [-0.3, -0.25) is 4.79 Å². The molecular weight excluding hydrogens is 303 g/mol. The van der Waals surface area contributed by atoms with Crippen LogP contribution >= 0.6 is 11.8 Å². The van der Waals surface area contributed by atoms with Crippen LogP contribution in [0.25, 0.3) is 0 Å². The molecule has 8 heteroatoms. The van der Waals surface area contributed by atoms with E-state index in [1.165, 1.54) is 28.8 Å². The number of nitrogen functional groups attached to an aromatic ring is 1. The Morgan fingerprint density at radius 2 is 2.20 bits per heavy atom. The van der Waals surface area contributed by atoms with Gasteiger partial charge in [-0.05, 0) is 18.2 Å². The lowest BCUT2D eigenvalue weighted by molar-refractivity contribution is 0.0745. The first-order valence-corrected chi connectivity index (χ1v) is 9.04. The monoisotopic (exact) mass is 318 g/mol. The lowest BCUT2D eigenvalue weighted by Crippen LogP contribution is -2.50. The van der Waals surface area contributed by atoms with Gasteiger partial charge in [-0.15, -0.1) is 0 Å². The van der Waals surface area contributed by atoms with Gasteiger partial charge in [0.1, 0.15) is 11.2 Å². The van der Waals surface area contributed by atoms with Crippen LogP contribution in [0, 0.1) is 5.82 Å². The third-order valence-corrected chi connectivity index (χ3v) is 5.70. The van der Waals surface area contributed by atoms with E-state index in [4.69, 9.17) is 5.73 Å². The number of rotatable bonds is 2. The van der Waals surface area contributed by atoms with Crippen molar-refractivity contribution in [2.24, 2.45) is 0 Å². The SMILES string of the molecule is CS(=O)(=O)C1CSCCN1C(=O)c1cc(N)ccc1F. The van der Waals surface area contributed by atoms with Gasteiger partial charge in [0, 0.05) is 30.0 Å². The average molecular weight is 318 g/mol. The number of hydrogen-bond acceptors (Lipinski definition) is 5. The van der Waals surface area contributed by atoms with Gasteiger partial charge in [-0.2, -0.15) is 11.8 Å². The van der Waals surface area contributed by atoms with Crippen LogP contribution in [0.4, 0.5) is 10.1 Å². The standard InChI is InChI=1S/C12H15FN2O3S2/c1-20(17,18)11-7-19-5-4-15(11)12(16)9-6-8(14)2-3-10(9)13/h2-3,6,11H,4-5,7,14H2,1H3. The van der Waals surface area contributed by atoms with E-state index in [1.54, 1.807) is 0 Å². The second kappa shape index (κ2) is 5.61. The molecule has 1 aliphatic heterocycles. The van der Waals surface area contributed by atoms with Crippen LogP contribution in [0.2, 0.25) is 0 Å². The molecule has 0 saturated carbocycles. The van der Waals surface area contributed by atoms with Gasteiger partial charge in [0.25, 0.3) is 5.91 Å². The Morgan fingerprint density at radius 1 is 1.50 bits per heavy atom. The summed E-state index contributed by atoms with van der Waals surface area (Å²) in [5.41, 5.74) is 5.63. The van der Waals surface area contributed by atoms with Gasteiger partial charge in [0.15, 0.2) is 9.84 Å². The molecule has 0 aromatic heterocycles. The fraction of sp³-hybridized carbons (Fsp3) is 0.417. The maximum atomic E-state index is 13.7. The van der Waals surface area contributed by atoms with Gasteiger partial charge in [0.2, 0.25) is 0 Å². The second-order valence-corrected chi connectivity index (χ2v) is 7.95. The molecule has 2 rings (SSSR count). The molecule has 20 heavy (non-hydrogen) atoms. The molecule has 1 unspecified atom stereocenters. The molecule has 0 aliphatic carbocycles. The number of anilines is 1. The van der Waals surface area contributed by atoms with Crippen molar-refractivity contribution in [1.29, 1.82) is 0 Å². The maximum absolute atomic E-state index is 13.7. The summed E-state index contributed by atoms with van der Waals surface area (Å²) in [6.45, 7) is 0.273. The third kappa shape index (κ3) is 3.06. The molecule has 0 radical (unpaired) electrons. The Kier molecular flexibility index (Phi) is 4.24. The first kappa shape index (κ1) is 15.1. The summed E-state index contributed by atoms with van der Waals surface area (Å²) in [6, 6.07) is 3.70. The molecule has 1 heterocycles. The molecule has 1 atom stereocenters. The molecule has 0 bridgehead atoms. The van der Waals surface area contributed by atoms with Gasteiger partial charge < -0.3 is 10.6 Å². The smallest absolute Gasteiger partial charge is 0.258 e. The number of carbonyl (C=O) groups excluding carboxylic acids is 1. The molecule has 1 amide bonds. The number of hydrogen-bond donors (Lipinski definition) is 1. The molecule has 5 nitrogen and oxygen atoms in total. The molecule has 1 fully saturated rings. The number of benzene rings is 1. The summed E-state index contributed by atoms with van der Waals surface area (Å²) >= 11 is 1.46. The minimum Gasteiger partial charge on any atom is -0.399 e. The highest BCUT2D eigenvalue weighted by molar-refractivity contribution is 8.00. The van der Waals surface area contributed by atoms with E-state index < -0.39 is 26.9 Å². The number of nitrogens with zero attached hydrogens (tertiary/aromatic N) is 1. The summed E-state index contributed by atoms with van der Waals surface area (Å²) in [4.78, 5) is 13.6. The largest absolute Gasteiger partial charge is 0.399 e. The minimum atomic E-state index is -3.42. The molecular formula is C12H15FN2O3S2.